The van der Waals surface area contributed by atoms with Crippen molar-refractivity contribution in [2.24, 2.45) is 5.84 Å². The van der Waals surface area contributed by atoms with Gasteiger partial charge in [0.1, 0.15) is 0 Å². The highest BCUT2D eigenvalue weighted by Crippen LogP contribution is 1.94. The van der Waals surface area contributed by atoms with E-state index in [1.165, 1.54) is 5.57 Å². The second-order valence-electron chi connectivity index (χ2n) is 2.61. The van der Waals surface area contributed by atoms with Crippen LogP contribution in [0.1, 0.15) is 13.8 Å². The fraction of sp³-hybridized carbons (Fsp3) is 0.300. The van der Waals surface area contributed by atoms with Gasteiger partial charge in [0.15, 0.2) is 0 Å². The molecule has 0 saturated heterocycles. The van der Waals surface area contributed by atoms with E-state index in [0.717, 1.165) is 5.57 Å². The van der Waals surface area contributed by atoms with Crippen molar-refractivity contribution < 1.29 is 0 Å². The minimum atomic E-state index is 0.710. The molecule has 0 amide bonds. The molecule has 0 aliphatic heterocycles. The first kappa shape index (κ1) is 10.9. The van der Waals surface area contributed by atoms with Gasteiger partial charge in [0.25, 0.3) is 0 Å². The van der Waals surface area contributed by atoms with Crippen molar-refractivity contribution in [3.05, 3.63) is 41.7 Å². The Bertz CT molecular complexity index is 230. The minimum absolute atomic E-state index is 0.710. The van der Waals surface area contributed by atoms with Crippen molar-refractivity contribution in [2.75, 3.05) is 6.54 Å². The number of rotatable bonds is 4. The lowest BCUT2D eigenvalue weighted by molar-refractivity contribution is 0.796. The highest BCUT2D eigenvalue weighted by Gasteiger charge is 1.82. The minimum Gasteiger partial charge on any atom is -0.271 e. The van der Waals surface area contributed by atoms with Gasteiger partial charge in [-0.05, 0) is 19.4 Å². The molecular formula is C10H16N2. The molecule has 0 aliphatic carbocycles. The molecule has 0 bridgehead atoms. The van der Waals surface area contributed by atoms with Crippen LogP contribution in [0.4, 0.5) is 0 Å². The van der Waals surface area contributed by atoms with Crippen molar-refractivity contribution >= 4 is 0 Å². The first-order valence-electron chi connectivity index (χ1n) is 3.84. The zero-order chi connectivity index (χ0) is 9.40. The normalized spacial score (nSPS) is 11.8. The third kappa shape index (κ3) is 5.69. The SMILES string of the molecule is C=C=C(C)/C=C\C=C(/C)CNN. The van der Waals surface area contributed by atoms with Crippen LogP contribution in [0.15, 0.2) is 41.7 Å². The van der Waals surface area contributed by atoms with E-state index in [0.29, 0.717) is 6.54 Å². The monoisotopic (exact) mass is 164 g/mol. The Hall–Kier alpha value is -1.08. The molecule has 0 aliphatic rings. The van der Waals surface area contributed by atoms with Crippen LogP contribution in [0.25, 0.3) is 0 Å². The molecule has 0 aromatic carbocycles. The van der Waals surface area contributed by atoms with E-state index < -0.39 is 0 Å². The maximum atomic E-state index is 5.14. The van der Waals surface area contributed by atoms with E-state index in [9.17, 15) is 0 Å². The fourth-order valence-corrected chi connectivity index (χ4v) is 0.636. The largest absolute Gasteiger partial charge is 0.271 e. The van der Waals surface area contributed by atoms with Gasteiger partial charge in [-0.3, -0.25) is 11.3 Å². The maximum absolute atomic E-state index is 5.14. The van der Waals surface area contributed by atoms with Crippen molar-refractivity contribution in [3.63, 3.8) is 0 Å². The molecular weight excluding hydrogens is 148 g/mol. The van der Waals surface area contributed by atoms with Crippen LogP contribution in [-0.2, 0) is 0 Å². The molecule has 0 aromatic rings. The molecule has 0 saturated carbocycles. The second-order valence-corrected chi connectivity index (χ2v) is 2.61. The molecule has 0 radical (unpaired) electrons. The van der Waals surface area contributed by atoms with Crippen LogP contribution < -0.4 is 11.3 Å². The third-order valence-corrected chi connectivity index (χ3v) is 1.39. The smallest absolute Gasteiger partial charge is 0.0308 e. The van der Waals surface area contributed by atoms with Gasteiger partial charge in [0.05, 0.1) is 0 Å². The summed E-state index contributed by atoms with van der Waals surface area (Å²) in [6, 6.07) is 0. The third-order valence-electron chi connectivity index (χ3n) is 1.39. The fourth-order valence-electron chi connectivity index (χ4n) is 0.636. The number of hydrogen-bond donors (Lipinski definition) is 2. The molecule has 0 spiro atoms. The Morgan fingerprint density at radius 2 is 2.25 bits per heavy atom. The topological polar surface area (TPSA) is 38.0 Å². The number of allylic oxidation sites excluding steroid dienone is 4. The lowest BCUT2D eigenvalue weighted by Crippen LogP contribution is -2.23. The molecule has 0 fully saturated rings. The molecule has 2 heteroatoms. The summed E-state index contributed by atoms with van der Waals surface area (Å²) in [5, 5.41) is 0. The Morgan fingerprint density at radius 3 is 2.75 bits per heavy atom. The molecule has 66 valence electrons. The van der Waals surface area contributed by atoms with Crippen molar-refractivity contribution in [1.82, 2.24) is 5.43 Å². The van der Waals surface area contributed by atoms with Gasteiger partial charge in [-0.1, -0.05) is 30.4 Å². The molecule has 3 N–H and O–H groups in total. The summed E-state index contributed by atoms with van der Waals surface area (Å²) >= 11 is 0. The Kier molecular flexibility index (Phi) is 6.02. The van der Waals surface area contributed by atoms with Crippen LogP contribution in [0.3, 0.4) is 0 Å². The summed E-state index contributed by atoms with van der Waals surface area (Å²) in [6.07, 6.45) is 5.91. The van der Waals surface area contributed by atoms with E-state index in [2.05, 4.69) is 17.7 Å². The van der Waals surface area contributed by atoms with Crippen LogP contribution in [-0.4, -0.2) is 6.54 Å². The summed E-state index contributed by atoms with van der Waals surface area (Å²) in [5.74, 6) is 5.14. The highest BCUT2D eigenvalue weighted by atomic mass is 15.2. The molecule has 0 heterocycles. The van der Waals surface area contributed by atoms with Crippen molar-refractivity contribution in [1.29, 1.82) is 0 Å². The van der Waals surface area contributed by atoms with E-state index in [-0.39, 0.29) is 0 Å². The maximum Gasteiger partial charge on any atom is 0.0308 e. The first-order valence-corrected chi connectivity index (χ1v) is 3.84. The standard InChI is InChI=1S/C10H16N2/c1-4-9(2)6-5-7-10(3)8-12-11/h5-7,12H,1,8,11H2,2-3H3/b6-5-,10-7+. The second kappa shape index (κ2) is 6.62. The van der Waals surface area contributed by atoms with Gasteiger partial charge in [-0.15, -0.1) is 5.73 Å². The average molecular weight is 164 g/mol. The first-order chi connectivity index (χ1) is 5.70. The lowest BCUT2D eigenvalue weighted by Gasteiger charge is -1.95. The zero-order valence-corrected chi connectivity index (χ0v) is 7.72. The van der Waals surface area contributed by atoms with Gasteiger partial charge in [-0.2, -0.15) is 0 Å². The van der Waals surface area contributed by atoms with E-state index in [1.807, 2.05) is 32.1 Å². The molecule has 0 atom stereocenters. The summed E-state index contributed by atoms with van der Waals surface area (Å²) in [4.78, 5) is 0. The Morgan fingerprint density at radius 1 is 1.58 bits per heavy atom. The van der Waals surface area contributed by atoms with Gasteiger partial charge >= 0.3 is 0 Å². The summed E-state index contributed by atoms with van der Waals surface area (Å²) < 4.78 is 0. The predicted octanol–water partition coefficient (Wildman–Crippen LogP) is 1.68. The summed E-state index contributed by atoms with van der Waals surface area (Å²) in [5.41, 5.74) is 7.58. The molecule has 0 unspecified atom stereocenters. The van der Waals surface area contributed by atoms with Crippen LogP contribution >= 0.6 is 0 Å². The van der Waals surface area contributed by atoms with Crippen LogP contribution in [0.5, 0.6) is 0 Å². The summed E-state index contributed by atoms with van der Waals surface area (Å²) in [7, 11) is 0. The molecule has 0 aromatic heterocycles. The van der Waals surface area contributed by atoms with Gasteiger partial charge < -0.3 is 0 Å². The molecule has 0 rings (SSSR count). The summed E-state index contributed by atoms with van der Waals surface area (Å²) in [6.45, 7) is 8.20. The van der Waals surface area contributed by atoms with Gasteiger partial charge in [0, 0.05) is 6.54 Å². The Balaban J connectivity index is 4.02. The van der Waals surface area contributed by atoms with Crippen LogP contribution in [0.2, 0.25) is 0 Å². The van der Waals surface area contributed by atoms with Gasteiger partial charge in [-0.25, -0.2) is 0 Å². The number of hydrazine groups is 1. The average Bonchev–Trinajstić information content (AvgIpc) is 2.04. The molecule has 2 nitrogen and oxygen atoms in total. The van der Waals surface area contributed by atoms with Gasteiger partial charge in [0.2, 0.25) is 0 Å². The molecule has 12 heavy (non-hydrogen) atoms. The van der Waals surface area contributed by atoms with E-state index in [1.54, 1.807) is 0 Å². The lowest BCUT2D eigenvalue weighted by atomic mass is 10.2. The number of nitrogens with two attached hydrogens (primary N) is 1. The number of nitrogens with one attached hydrogen (secondary N) is 1. The Labute approximate surface area is 74.1 Å². The van der Waals surface area contributed by atoms with Crippen LogP contribution in [0, 0.1) is 0 Å². The number of hydrogen-bond acceptors (Lipinski definition) is 2. The quantitative estimate of drug-likeness (QED) is 0.287. The predicted molar refractivity (Wildman–Crippen MR) is 53.4 cm³/mol. The van der Waals surface area contributed by atoms with E-state index in [4.69, 9.17) is 5.84 Å². The van der Waals surface area contributed by atoms with Crippen molar-refractivity contribution in [2.45, 2.75) is 13.8 Å². The zero-order valence-electron chi connectivity index (χ0n) is 7.72. The van der Waals surface area contributed by atoms with E-state index >= 15 is 0 Å². The highest BCUT2D eigenvalue weighted by molar-refractivity contribution is 5.21. The van der Waals surface area contributed by atoms with Crippen molar-refractivity contribution in [3.8, 4) is 0 Å².